The van der Waals surface area contributed by atoms with E-state index < -0.39 is 34.4 Å². The molecule has 1 atom stereocenters. The number of sulfonamides is 1. The number of anilines is 1. The molecule has 0 spiro atoms. The minimum Gasteiger partial charge on any atom is -0.357 e. The summed E-state index contributed by atoms with van der Waals surface area (Å²) in [4.78, 5) is 29.2. The Morgan fingerprint density at radius 1 is 0.860 bits per heavy atom. The molecule has 0 saturated heterocycles. The summed E-state index contributed by atoms with van der Waals surface area (Å²) in [6, 6.07) is 26.7. The minimum absolute atomic E-state index is 0.0446. The van der Waals surface area contributed by atoms with Crippen molar-refractivity contribution in [2.45, 2.75) is 37.8 Å². The molecule has 43 heavy (non-hydrogen) atoms. The Bertz CT molecular complexity index is 1700. The van der Waals surface area contributed by atoms with E-state index in [4.69, 9.17) is 23.2 Å². The highest BCUT2D eigenvalue weighted by Gasteiger charge is 2.35. The van der Waals surface area contributed by atoms with Gasteiger partial charge in [-0.05, 0) is 66.4 Å². The maximum atomic E-state index is 14.4. The summed E-state index contributed by atoms with van der Waals surface area (Å²) in [5, 5.41) is 3.42. The Labute approximate surface area is 263 Å². The first-order valence-electron chi connectivity index (χ1n) is 13.6. The maximum absolute atomic E-state index is 14.4. The van der Waals surface area contributed by atoms with Gasteiger partial charge in [0.25, 0.3) is 10.0 Å². The standard InChI is InChI=1S/C33H33Cl2N3O4S/c1-23-14-15-24(2)30(18-23)38(43(41,42)28-12-8-5-9-13-28)22-32(39)37(21-26-16-17-27(34)20-29(26)35)31(33(40)36-3)19-25-10-6-4-7-11-25/h4-18,20,31H,19,21-22H2,1-3H3,(H,36,40). The predicted octanol–water partition coefficient (Wildman–Crippen LogP) is 6.19. The van der Waals surface area contributed by atoms with Gasteiger partial charge in [-0.2, -0.15) is 0 Å². The summed E-state index contributed by atoms with van der Waals surface area (Å²) in [5.41, 5.74) is 3.28. The zero-order chi connectivity index (χ0) is 31.1. The van der Waals surface area contributed by atoms with Crippen molar-refractivity contribution in [3.63, 3.8) is 0 Å². The fourth-order valence-corrected chi connectivity index (χ4v) is 6.73. The molecule has 10 heteroatoms. The van der Waals surface area contributed by atoms with Crippen LogP contribution in [0, 0.1) is 13.8 Å². The number of hydrogen-bond donors (Lipinski definition) is 1. The first kappa shape index (κ1) is 32.1. The van der Waals surface area contributed by atoms with E-state index in [9.17, 15) is 18.0 Å². The summed E-state index contributed by atoms with van der Waals surface area (Å²) in [5.74, 6) is -0.970. The summed E-state index contributed by atoms with van der Waals surface area (Å²) in [6.07, 6.45) is 0.201. The molecule has 4 rings (SSSR count). The second-order valence-electron chi connectivity index (χ2n) is 10.2. The average molecular weight is 639 g/mol. The molecule has 4 aromatic rings. The topological polar surface area (TPSA) is 86.8 Å². The lowest BCUT2D eigenvalue weighted by Crippen LogP contribution is -2.53. The van der Waals surface area contributed by atoms with Gasteiger partial charge in [0.15, 0.2) is 0 Å². The smallest absolute Gasteiger partial charge is 0.264 e. The molecular formula is C33H33Cl2N3O4S. The van der Waals surface area contributed by atoms with Gasteiger partial charge in [-0.1, -0.05) is 89.9 Å². The van der Waals surface area contributed by atoms with Crippen LogP contribution in [0.1, 0.15) is 22.3 Å². The van der Waals surface area contributed by atoms with E-state index in [0.717, 1.165) is 15.4 Å². The monoisotopic (exact) mass is 637 g/mol. The van der Waals surface area contributed by atoms with Crippen LogP contribution in [-0.4, -0.2) is 44.8 Å². The van der Waals surface area contributed by atoms with Crippen molar-refractivity contribution in [1.82, 2.24) is 10.2 Å². The van der Waals surface area contributed by atoms with Gasteiger partial charge in [0.05, 0.1) is 10.6 Å². The van der Waals surface area contributed by atoms with Gasteiger partial charge in [-0.15, -0.1) is 0 Å². The number of nitrogens with zero attached hydrogens (tertiary/aromatic N) is 2. The van der Waals surface area contributed by atoms with E-state index in [1.807, 2.05) is 49.4 Å². The lowest BCUT2D eigenvalue weighted by molar-refractivity contribution is -0.139. The van der Waals surface area contributed by atoms with Crippen molar-refractivity contribution in [2.75, 3.05) is 17.9 Å². The van der Waals surface area contributed by atoms with Crippen LogP contribution in [0.5, 0.6) is 0 Å². The molecule has 0 radical (unpaired) electrons. The predicted molar refractivity (Wildman–Crippen MR) is 172 cm³/mol. The molecule has 0 bridgehead atoms. The Morgan fingerprint density at radius 2 is 1.51 bits per heavy atom. The van der Waals surface area contributed by atoms with E-state index in [1.54, 1.807) is 49.4 Å². The zero-order valence-corrected chi connectivity index (χ0v) is 26.5. The normalized spacial score (nSPS) is 11.9. The second kappa shape index (κ2) is 14.1. The number of benzene rings is 4. The maximum Gasteiger partial charge on any atom is 0.264 e. The Kier molecular flexibility index (Phi) is 10.5. The van der Waals surface area contributed by atoms with Crippen molar-refractivity contribution >= 4 is 50.7 Å². The molecule has 1 N–H and O–H groups in total. The van der Waals surface area contributed by atoms with Gasteiger partial charge in [-0.25, -0.2) is 8.42 Å². The van der Waals surface area contributed by atoms with Gasteiger partial charge in [0, 0.05) is 30.1 Å². The third kappa shape index (κ3) is 7.76. The molecule has 0 aliphatic carbocycles. The van der Waals surface area contributed by atoms with E-state index in [2.05, 4.69) is 5.32 Å². The van der Waals surface area contributed by atoms with Crippen molar-refractivity contribution in [3.8, 4) is 0 Å². The number of carbonyl (C=O) groups excluding carboxylic acids is 2. The number of halogens is 2. The van der Waals surface area contributed by atoms with Crippen LogP contribution in [0.25, 0.3) is 0 Å². The molecule has 0 heterocycles. The lowest BCUT2D eigenvalue weighted by Gasteiger charge is -2.34. The number of nitrogens with one attached hydrogen (secondary N) is 1. The van der Waals surface area contributed by atoms with Crippen molar-refractivity contribution < 1.29 is 18.0 Å². The van der Waals surface area contributed by atoms with Crippen molar-refractivity contribution in [3.05, 3.63) is 129 Å². The van der Waals surface area contributed by atoms with E-state index in [-0.39, 0.29) is 17.9 Å². The number of likely N-dealkylation sites (N-methyl/N-ethyl adjacent to an activating group) is 1. The van der Waals surface area contributed by atoms with E-state index >= 15 is 0 Å². The van der Waals surface area contributed by atoms with Crippen LogP contribution in [0.2, 0.25) is 10.0 Å². The quantitative estimate of drug-likeness (QED) is 0.212. The first-order chi connectivity index (χ1) is 20.5. The Hall–Kier alpha value is -3.85. The second-order valence-corrected chi connectivity index (χ2v) is 12.9. The SMILES string of the molecule is CNC(=O)C(Cc1ccccc1)N(Cc1ccc(Cl)cc1Cl)C(=O)CN(c1cc(C)ccc1C)S(=O)(=O)c1ccccc1. The van der Waals surface area contributed by atoms with Gasteiger partial charge in [0.2, 0.25) is 11.8 Å². The zero-order valence-electron chi connectivity index (χ0n) is 24.1. The van der Waals surface area contributed by atoms with E-state index in [0.29, 0.717) is 26.9 Å². The van der Waals surface area contributed by atoms with Crippen LogP contribution in [-0.2, 0) is 32.6 Å². The van der Waals surface area contributed by atoms with Gasteiger partial charge < -0.3 is 10.2 Å². The summed E-state index contributed by atoms with van der Waals surface area (Å²) < 4.78 is 29.3. The molecule has 4 aromatic carbocycles. The molecule has 1 unspecified atom stereocenters. The fourth-order valence-electron chi connectivity index (χ4n) is 4.78. The van der Waals surface area contributed by atoms with Gasteiger partial charge in [0.1, 0.15) is 12.6 Å². The molecule has 224 valence electrons. The van der Waals surface area contributed by atoms with Crippen molar-refractivity contribution in [2.24, 2.45) is 0 Å². The molecule has 0 saturated carbocycles. The van der Waals surface area contributed by atoms with Crippen LogP contribution < -0.4 is 9.62 Å². The Balaban J connectivity index is 1.83. The van der Waals surface area contributed by atoms with Crippen LogP contribution in [0.3, 0.4) is 0 Å². The lowest BCUT2D eigenvalue weighted by atomic mass is 10.0. The van der Waals surface area contributed by atoms with Gasteiger partial charge >= 0.3 is 0 Å². The summed E-state index contributed by atoms with van der Waals surface area (Å²) in [6.45, 7) is 3.05. The number of aryl methyl sites for hydroxylation is 2. The highest BCUT2D eigenvalue weighted by molar-refractivity contribution is 7.92. The van der Waals surface area contributed by atoms with Gasteiger partial charge in [-0.3, -0.25) is 13.9 Å². The first-order valence-corrected chi connectivity index (χ1v) is 15.8. The number of carbonyl (C=O) groups is 2. The fraction of sp³-hybridized carbons (Fsp3) is 0.212. The molecule has 0 aliphatic heterocycles. The number of hydrogen-bond acceptors (Lipinski definition) is 4. The van der Waals surface area contributed by atoms with Crippen LogP contribution in [0.4, 0.5) is 5.69 Å². The summed E-state index contributed by atoms with van der Waals surface area (Å²) >= 11 is 12.6. The summed E-state index contributed by atoms with van der Waals surface area (Å²) in [7, 11) is -2.68. The van der Waals surface area contributed by atoms with Crippen molar-refractivity contribution in [1.29, 1.82) is 0 Å². The number of rotatable bonds is 11. The van der Waals surface area contributed by atoms with Crippen LogP contribution >= 0.6 is 23.2 Å². The third-order valence-electron chi connectivity index (χ3n) is 7.12. The molecule has 0 fully saturated rings. The molecule has 0 aliphatic rings. The molecule has 7 nitrogen and oxygen atoms in total. The third-order valence-corrected chi connectivity index (χ3v) is 9.48. The highest BCUT2D eigenvalue weighted by atomic mass is 35.5. The Morgan fingerprint density at radius 3 is 2.14 bits per heavy atom. The number of amides is 2. The molecule has 2 amide bonds. The molecular weight excluding hydrogens is 605 g/mol. The largest absolute Gasteiger partial charge is 0.357 e. The molecule has 0 aromatic heterocycles. The van der Waals surface area contributed by atoms with Crippen LogP contribution in [0.15, 0.2) is 102 Å². The highest BCUT2D eigenvalue weighted by Crippen LogP contribution is 2.29. The minimum atomic E-state index is -4.18. The van der Waals surface area contributed by atoms with E-state index in [1.165, 1.54) is 24.1 Å². The average Bonchev–Trinajstić information content (AvgIpc) is 3.00.